The number of hydrogen-bond donors (Lipinski definition) is 1. The second-order valence-electron chi connectivity index (χ2n) is 5.00. The molecule has 1 fully saturated rings. The summed E-state index contributed by atoms with van der Waals surface area (Å²) in [5.41, 5.74) is -0.104. The maximum atomic E-state index is 13.9. The standard InChI is InChI=1S/C14H15BrFNO3/c1-8-4-3-7-17(12(8)14(19)20)13(18)11-9(15)5-2-6-10(11)16/h2,5-6,8,12H,3-4,7H2,1H3,(H,19,20). The van der Waals surface area contributed by atoms with Crippen molar-refractivity contribution < 1.29 is 19.1 Å². The molecule has 6 heteroatoms. The van der Waals surface area contributed by atoms with E-state index in [9.17, 15) is 19.1 Å². The highest BCUT2D eigenvalue weighted by atomic mass is 79.9. The van der Waals surface area contributed by atoms with Crippen LogP contribution in [0.25, 0.3) is 0 Å². The molecule has 2 unspecified atom stereocenters. The van der Waals surface area contributed by atoms with Gasteiger partial charge in [0.2, 0.25) is 0 Å². The Morgan fingerprint density at radius 1 is 1.45 bits per heavy atom. The summed E-state index contributed by atoms with van der Waals surface area (Å²) in [6.07, 6.45) is 1.47. The fourth-order valence-corrected chi connectivity index (χ4v) is 3.15. The SMILES string of the molecule is CC1CCCN(C(=O)c2c(F)cccc2Br)C1C(=O)O. The van der Waals surface area contributed by atoms with E-state index in [1.165, 1.54) is 17.0 Å². The minimum absolute atomic E-state index is 0.104. The van der Waals surface area contributed by atoms with E-state index in [1.807, 2.05) is 0 Å². The van der Waals surface area contributed by atoms with Crippen LogP contribution >= 0.6 is 15.9 Å². The van der Waals surface area contributed by atoms with Gasteiger partial charge in [-0.05, 0) is 46.8 Å². The number of benzene rings is 1. The summed E-state index contributed by atoms with van der Waals surface area (Å²) >= 11 is 3.15. The minimum atomic E-state index is -1.04. The van der Waals surface area contributed by atoms with E-state index in [0.717, 1.165) is 12.8 Å². The van der Waals surface area contributed by atoms with Gasteiger partial charge in [-0.3, -0.25) is 4.79 Å². The fourth-order valence-electron chi connectivity index (χ4n) is 2.64. The van der Waals surface area contributed by atoms with Crippen LogP contribution in [0.15, 0.2) is 22.7 Å². The number of carboxylic acids is 1. The summed E-state index contributed by atoms with van der Waals surface area (Å²) in [4.78, 5) is 25.1. The first kappa shape index (κ1) is 15.0. The summed E-state index contributed by atoms with van der Waals surface area (Å²) in [5, 5.41) is 9.31. The lowest BCUT2D eigenvalue weighted by atomic mass is 9.90. The van der Waals surface area contributed by atoms with Crippen molar-refractivity contribution in [1.29, 1.82) is 0 Å². The minimum Gasteiger partial charge on any atom is -0.480 e. The molecular weight excluding hydrogens is 329 g/mol. The second kappa shape index (κ2) is 5.91. The van der Waals surface area contributed by atoms with Gasteiger partial charge in [0, 0.05) is 11.0 Å². The molecule has 2 atom stereocenters. The summed E-state index contributed by atoms with van der Waals surface area (Å²) < 4.78 is 14.2. The molecule has 1 aromatic carbocycles. The maximum Gasteiger partial charge on any atom is 0.326 e. The van der Waals surface area contributed by atoms with Crippen molar-refractivity contribution in [3.63, 3.8) is 0 Å². The van der Waals surface area contributed by atoms with Crippen molar-refractivity contribution in [1.82, 2.24) is 4.90 Å². The monoisotopic (exact) mass is 343 g/mol. The molecule has 1 heterocycles. The number of hydrogen-bond acceptors (Lipinski definition) is 2. The quantitative estimate of drug-likeness (QED) is 0.898. The van der Waals surface area contributed by atoms with Gasteiger partial charge in [-0.15, -0.1) is 0 Å². The highest BCUT2D eigenvalue weighted by Crippen LogP contribution is 2.28. The van der Waals surface area contributed by atoms with Gasteiger partial charge in [0.1, 0.15) is 11.9 Å². The summed E-state index contributed by atoms with van der Waals surface area (Å²) in [6.45, 7) is 2.13. The van der Waals surface area contributed by atoms with Crippen LogP contribution in [0.4, 0.5) is 4.39 Å². The lowest BCUT2D eigenvalue weighted by Crippen LogP contribution is -2.52. The van der Waals surface area contributed by atoms with Gasteiger partial charge in [-0.2, -0.15) is 0 Å². The Hall–Kier alpha value is -1.43. The molecule has 20 heavy (non-hydrogen) atoms. The van der Waals surface area contributed by atoms with E-state index in [4.69, 9.17) is 0 Å². The number of nitrogens with zero attached hydrogens (tertiary/aromatic N) is 1. The molecule has 0 radical (unpaired) electrons. The Bertz CT molecular complexity index is 529. The highest BCUT2D eigenvalue weighted by molar-refractivity contribution is 9.10. The van der Waals surface area contributed by atoms with Gasteiger partial charge in [0.05, 0.1) is 5.56 Å². The molecule has 1 aliphatic heterocycles. The van der Waals surface area contributed by atoms with Gasteiger partial charge in [0.15, 0.2) is 0 Å². The topological polar surface area (TPSA) is 57.6 Å². The maximum absolute atomic E-state index is 13.9. The summed E-state index contributed by atoms with van der Waals surface area (Å²) in [7, 11) is 0. The number of aliphatic carboxylic acids is 1. The van der Waals surface area contributed by atoms with Crippen molar-refractivity contribution in [2.24, 2.45) is 5.92 Å². The smallest absolute Gasteiger partial charge is 0.326 e. The Morgan fingerprint density at radius 3 is 2.75 bits per heavy atom. The molecule has 0 saturated carbocycles. The van der Waals surface area contributed by atoms with Crippen molar-refractivity contribution in [2.45, 2.75) is 25.8 Å². The molecular formula is C14H15BrFNO3. The van der Waals surface area contributed by atoms with Crippen LogP contribution < -0.4 is 0 Å². The normalized spacial score (nSPS) is 22.6. The number of carbonyl (C=O) groups excluding carboxylic acids is 1. The van der Waals surface area contributed by atoms with Gasteiger partial charge in [-0.1, -0.05) is 13.0 Å². The lowest BCUT2D eigenvalue weighted by Gasteiger charge is -2.37. The number of likely N-dealkylation sites (tertiary alicyclic amines) is 1. The van der Waals surface area contributed by atoms with Crippen molar-refractivity contribution in [3.8, 4) is 0 Å². The van der Waals surface area contributed by atoms with E-state index < -0.39 is 23.7 Å². The fraction of sp³-hybridized carbons (Fsp3) is 0.429. The van der Waals surface area contributed by atoms with Gasteiger partial charge in [0.25, 0.3) is 5.91 Å². The second-order valence-corrected chi connectivity index (χ2v) is 5.85. The third kappa shape index (κ3) is 2.70. The van der Waals surface area contributed by atoms with Crippen molar-refractivity contribution >= 4 is 27.8 Å². The Kier molecular flexibility index (Phi) is 4.42. The first-order chi connectivity index (χ1) is 9.43. The Labute approximate surface area is 124 Å². The molecule has 1 aromatic rings. The van der Waals surface area contributed by atoms with Gasteiger partial charge in [-0.25, -0.2) is 9.18 Å². The largest absolute Gasteiger partial charge is 0.480 e. The van der Waals surface area contributed by atoms with E-state index in [2.05, 4.69) is 15.9 Å². The van der Waals surface area contributed by atoms with Crippen LogP contribution in [-0.2, 0) is 4.79 Å². The average molecular weight is 344 g/mol. The molecule has 0 bridgehead atoms. The molecule has 1 saturated heterocycles. The third-order valence-electron chi connectivity index (χ3n) is 3.62. The van der Waals surface area contributed by atoms with Gasteiger partial charge >= 0.3 is 5.97 Å². The van der Waals surface area contributed by atoms with Crippen LogP contribution in [0, 0.1) is 11.7 Å². The van der Waals surface area contributed by atoms with E-state index >= 15 is 0 Å². The number of carboxylic acid groups (broad SMARTS) is 1. The third-order valence-corrected chi connectivity index (χ3v) is 4.28. The molecule has 0 aromatic heterocycles. The molecule has 0 aliphatic carbocycles. The summed E-state index contributed by atoms with van der Waals surface area (Å²) in [5.74, 6) is -2.41. The molecule has 108 valence electrons. The first-order valence-corrected chi connectivity index (χ1v) is 7.20. The van der Waals surface area contributed by atoms with Crippen LogP contribution in [0.5, 0.6) is 0 Å². The van der Waals surface area contributed by atoms with Gasteiger partial charge < -0.3 is 10.0 Å². The number of halogens is 2. The Balaban J connectivity index is 2.38. The predicted octanol–water partition coefficient (Wildman–Crippen LogP) is 2.91. The number of rotatable bonds is 2. The number of carbonyl (C=O) groups is 2. The lowest BCUT2D eigenvalue weighted by molar-refractivity contribution is -0.145. The van der Waals surface area contributed by atoms with Crippen molar-refractivity contribution in [3.05, 3.63) is 34.1 Å². The predicted molar refractivity (Wildman–Crippen MR) is 75.0 cm³/mol. The first-order valence-electron chi connectivity index (χ1n) is 6.41. The van der Waals surface area contributed by atoms with Crippen molar-refractivity contribution in [2.75, 3.05) is 6.54 Å². The molecule has 1 N–H and O–H groups in total. The summed E-state index contributed by atoms with van der Waals surface area (Å²) in [6, 6.07) is 3.35. The zero-order chi connectivity index (χ0) is 14.9. The van der Waals surface area contributed by atoms with E-state index in [1.54, 1.807) is 13.0 Å². The molecule has 2 rings (SSSR count). The van der Waals surface area contributed by atoms with Crippen LogP contribution in [-0.4, -0.2) is 34.5 Å². The number of piperidine rings is 1. The van der Waals surface area contributed by atoms with E-state index in [-0.39, 0.29) is 11.5 Å². The molecule has 0 spiro atoms. The zero-order valence-corrected chi connectivity index (χ0v) is 12.6. The zero-order valence-electron chi connectivity index (χ0n) is 11.0. The number of amides is 1. The van der Waals surface area contributed by atoms with Crippen LogP contribution in [0.1, 0.15) is 30.1 Å². The molecule has 4 nitrogen and oxygen atoms in total. The average Bonchev–Trinajstić information content (AvgIpc) is 2.37. The molecule has 1 aliphatic rings. The van der Waals surface area contributed by atoms with E-state index in [0.29, 0.717) is 11.0 Å². The Morgan fingerprint density at radius 2 is 2.15 bits per heavy atom. The highest BCUT2D eigenvalue weighted by Gasteiger charge is 2.38. The van der Waals surface area contributed by atoms with Crippen LogP contribution in [0.3, 0.4) is 0 Å². The molecule has 1 amide bonds. The van der Waals surface area contributed by atoms with Crippen LogP contribution in [0.2, 0.25) is 0 Å².